The monoisotopic (exact) mass is 1100 g/mol. The molecule has 4 aromatic rings. The highest BCUT2D eigenvalue weighted by Gasteiger charge is 2.54. The van der Waals surface area contributed by atoms with Gasteiger partial charge in [0, 0.05) is 44.5 Å². The normalized spacial score (nSPS) is 15.8. The molecule has 2 aromatic heterocycles. The Balaban J connectivity index is 0.000000230. The first-order valence-electron chi connectivity index (χ1n) is 21.4. The van der Waals surface area contributed by atoms with Gasteiger partial charge in [-0.2, -0.15) is 8.78 Å². The average Bonchev–Trinajstić information content (AvgIpc) is 3.29. The number of sulfonamides is 2. The Bertz CT molecular complexity index is 2810. The number of pyridine rings is 2. The number of benzene rings is 2. The fraction of sp³-hybridized carbons (Fsp3) is 0.455. The highest BCUT2D eigenvalue weighted by atomic mass is 35.5. The van der Waals surface area contributed by atoms with Gasteiger partial charge < -0.3 is 19.3 Å². The van der Waals surface area contributed by atoms with Crippen molar-refractivity contribution in [2.45, 2.75) is 103 Å². The van der Waals surface area contributed by atoms with Crippen molar-refractivity contribution >= 4 is 75.1 Å². The van der Waals surface area contributed by atoms with Gasteiger partial charge in [-0.05, 0) is 122 Å². The molecule has 2 aliphatic rings. The number of sulfone groups is 2. The van der Waals surface area contributed by atoms with Crippen molar-refractivity contribution in [3.05, 3.63) is 108 Å². The van der Waals surface area contributed by atoms with E-state index in [-0.39, 0.29) is 53.7 Å². The fourth-order valence-corrected chi connectivity index (χ4v) is 13.8. The second-order valence-electron chi connectivity index (χ2n) is 17.9. The maximum Gasteiger partial charge on any atom is 0.410 e. The summed E-state index contributed by atoms with van der Waals surface area (Å²) in [6.07, 6.45) is 2.65. The third-order valence-corrected chi connectivity index (χ3v) is 18.6. The number of piperidine rings is 2. The topological polar surface area (TPSA) is 225 Å². The van der Waals surface area contributed by atoms with Gasteiger partial charge in [0.05, 0.1) is 19.5 Å². The lowest BCUT2D eigenvalue weighted by atomic mass is 9.97. The number of aromatic nitrogens is 2. The predicted molar refractivity (Wildman–Crippen MR) is 254 cm³/mol. The molecule has 0 bridgehead atoms. The van der Waals surface area contributed by atoms with Crippen LogP contribution in [0.3, 0.4) is 0 Å². The van der Waals surface area contributed by atoms with E-state index in [1.807, 2.05) is 20.8 Å². The Kier molecular flexibility index (Phi) is 19.3. The molecule has 70 heavy (non-hydrogen) atoms. The molecule has 2 aliphatic heterocycles. The molecule has 0 radical (unpaired) electrons. The largest absolute Gasteiger partial charge is 0.444 e. The zero-order valence-electron chi connectivity index (χ0n) is 38.9. The Morgan fingerprint density at radius 1 is 0.614 bits per heavy atom. The van der Waals surface area contributed by atoms with Gasteiger partial charge in [-0.3, -0.25) is 0 Å². The van der Waals surface area contributed by atoms with E-state index in [1.165, 1.54) is 65.8 Å². The molecule has 6 rings (SSSR count). The second-order valence-corrected chi connectivity index (χ2v) is 26.3. The summed E-state index contributed by atoms with van der Waals surface area (Å²) in [7, 11) is -18.0. The van der Waals surface area contributed by atoms with E-state index in [0.29, 0.717) is 25.9 Å². The lowest BCUT2D eigenvalue weighted by Gasteiger charge is -2.36. The first kappa shape index (κ1) is 58.0. The second kappa shape index (κ2) is 23.3. The number of nitrogens with zero attached hydrogens (tertiary/aromatic N) is 5. The van der Waals surface area contributed by atoms with Crippen LogP contribution >= 0.6 is 23.2 Å². The van der Waals surface area contributed by atoms with Crippen LogP contribution in [-0.2, 0) is 49.2 Å². The number of ether oxygens (including phenoxy) is 2. The van der Waals surface area contributed by atoms with Gasteiger partial charge in [-0.15, -0.1) is 4.48 Å². The third-order valence-electron chi connectivity index (χ3n) is 10.2. The molecule has 0 spiro atoms. The Hall–Kier alpha value is -4.59. The number of hydrogen-bond acceptors (Lipinski definition) is 14. The van der Waals surface area contributed by atoms with Gasteiger partial charge in [-0.1, -0.05) is 59.6 Å². The highest BCUT2D eigenvalue weighted by Crippen LogP contribution is 2.42. The maximum absolute atomic E-state index is 14.7. The quantitative estimate of drug-likeness (QED) is 0.107. The van der Waals surface area contributed by atoms with Crippen LogP contribution in [0.1, 0.15) is 67.2 Å². The third kappa shape index (κ3) is 15.2. The minimum absolute atomic E-state index is 0.00342. The molecule has 2 saturated heterocycles. The van der Waals surface area contributed by atoms with Crippen LogP contribution in [0, 0.1) is 11.8 Å². The number of alkyl halides is 2. The standard InChI is InChI=1S/C16H21ClF2N2O4S.C16H23ClN2O4S.C12H10FNO4S2/c1-15(2,3)25-14(22)21-9-6-11(7-10-21)16(18,19)26(23,24)12-5-4-8-20-13(12)17;1-16(2,3)23-15(20)19-9-6-12(7-10-19)11-24(21,22)13-5-4-8-18-14(13)17;13-14(19(15,16)11-7-3-1-4-8-11)20(17,18)12-9-5-2-6-10-12/h4-5,8,11H,6-7,9-10H2,1-3H3;4-5,8,12H,6-7,9-11H2,1-3H3;1-10H. The van der Waals surface area contributed by atoms with Crippen LogP contribution in [-0.4, -0.2) is 118 Å². The number of carbonyl (C=O) groups is 2. The van der Waals surface area contributed by atoms with Gasteiger partial charge in [0.2, 0.25) is 9.84 Å². The SMILES string of the molecule is CC(C)(C)OC(=O)N1CCC(C(F)(F)S(=O)(=O)c2cccnc2Cl)CC1.CC(C)(C)OC(=O)N1CCC(CS(=O)(=O)c2cccnc2Cl)CC1.O=S(=O)(c1ccccc1)N(F)S(=O)(=O)c1ccccc1. The van der Waals surface area contributed by atoms with E-state index >= 15 is 0 Å². The summed E-state index contributed by atoms with van der Waals surface area (Å²) in [6.45, 7) is 11.6. The molecule has 0 atom stereocenters. The van der Waals surface area contributed by atoms with E-state index in [1.54, 1.807) is 31.7 Å². The number of hydrogen-bond donors (Lipinski definition) is 0. The van der Waals surface area contributed by atoms with E-state index in [0.717, 1.165) is 30.3 Å². The van der Waals surface area contributed by atoms with Crippen LogP contribution in [0.25, 0.3) is 0 Å². The zero-order chi connectivity index (χ0) is 52.5. The number of halogens is 5. The molecule has 2 fully saturated rings. The van der Waals surface area contributed by atoms with Gasteiger partial charge in [-0.25, -0.2) is 53.2 Å². The molecule has 0 aliphatic carbocycles. The number of carbonyl (C=O) groups excluding carboxylic acids is 2. The molecule has 2 aromatic carbocycles. The molecule has 2 amide bonds. The summed E-state index contributed by atoms with van der Waals surface area (Å²) in [5.74, 6) is -1.42. The fourth-order valence-electron chi connectivity index (χ4n) is 6.75. The summed E-state index contributed by atoms with van der Waals surface area (Å²) in [5.41, 5.74) is -1.23. The predicted octanol–water partition coefficient (Wildman–Crippen LogP) is 8.86. The van der Waals surface area contributed by atoms with Crippen LogP contribution in [0.4, 0.5) is 22.9 Å². The van der Waals surface area contributed by atoms with Crippen molar-refractivity contribution in [1.82, 2.24) is 23.7 Å². The molecule has 386 valence electrons. The summed E-state index contributed by atoms with van der Waals surface area (Å²) < 4.78 is 150. The summed E-state index contributed by atoms with van der Waals surface area (Å²) in [6, 6.07) is 18.3. The molecule has 17 nitrogen and oxygen atoms in total. The van der Waals surface area contributed by atoms with Crippen LogP contribution in [0.15, 0.2) is 117 Å². The van der Waals surface area contributed by atoms with Crippen LogP contribution in [0.2, 0.25) is 10.3 Å². The summed E-state index contributed by atoms with van der Waals surface area (Å²) in [4.78, 5) is 32.8. The van der Waals surface area contributed by atoms with Gasteiger partial charge in [0.15, 0.2) is 9.84 Å². The van der Waals surface area contributed by atoms with Crippen molar-refractivity contribution in [3.8, 4) is 0 Å². The van der Waals surface area contributed by atoms with E-state index in [2.05, 4.69) is 9.97 Å². The molecule has 26 heteroatoms. The van der Waals surface area contributed by atoms with Crippen molar-refractivity contribution in [3.63, 3.8) is 0 Å². The maximum atomic E-state index is 14.7. The Morgan fingerprint density at radius 3 is 1.36 bits per heavy atom. The minimum Gasteiger partial charge on any atom is -0.444 e. The Labute approximate surface area is 417 Å². The molecular formula is C44H54Cl2F3N5O12S4. The lowest BCUT2D eigenvalue weighted by molar-refractivity contribution is -0.0178. The van der Waals surface area contributed by atoms with Crippen molar-refractivity contribution in [1.29, 1.82) is 0 Å². The van der Waals surface area contributed by atoms with Crippen LogP contribution in [0.5, 0.6) is 0 Å². The Morgan fingerprint density at radius 2 is 0.986 bits per heavy atom. The van der Waals surface area contributed by atoms with Crippen molar-refractivity contribution < 1.29 is 66.0 Å². The lowest BCUT2D eigenvalue weighted by Crippen LogP contribution is -2.47. The summed E-state index contributed by atoms with van der Waals surface area (Å²) >= 11 is 11.6. The first-order chi connectivity index (χ1) is 32.3. The van der Waals surface area contributed by atoms with Gasteiger partial charge in [0.1, 0.15) is 31.3 Å². The zero-order valence-corrected chi connectivity index (χ0v) is 43.7. The first-order valence-corrected chi connectivity index (χ1v) is 28.2. The van der Waals surface area contributed by atoms with Gasteiger partial charge >= 0.3 is 17.4 Å². The van der Waals surface area contributed by atoms with E-state index < -0.39 is 92.0 Å². The van der Waals surface area contributed by atoms with Crippen molar-refractivity contribution in [2.75, 3.05) is 31.9 Å². The molecule has 4 heterocycles. The average molecular weight is 1100 g/mol. The number of amides is 2. The van der Waals surface area contributed by atoms with Crippen molar-refractivity contribution in [2.24, 2.45) is 11.8 Å². The highest BCUT2D eigenvalue weighted by molar-refractivity contribution is 8.03. The molecule has 0 unspecified atom stereocenters. The molecule has 0 saturated carbocycles. The summed E-state index contributed by atoms with van der Waals surface area (Å²) in [5, 5.41) is -4.50. The molecule has 0 N–H and O–H groups in total. The van der Waals surface area contributed by atoms with E-state index in [9.17, 15) is 56.5 Å². The van der Waals surface area contributed by atoms with Gasteiger partial charge in [0.25, 0.3) is 20.0 Å². The van der Waals surface area contributed by atoms with E-state index in [4.69, 9.17) is 32.7 Å². The minimum atomic E-state index is -5.00. The molecular weight excluding hydrogens is 1050 g/mol. The number of rotatable bonds is 10. The number of likely N-dealkylation sites (tertiary alicyclic amines) is 2. The smallest absolute Gasteiger partial charge is 0.410 e. The van der Waals surface area contributed by atoms with Crippen LogP contribution < -0.4 is 0 Å².